The molecule has 134 valence electrons. The fourth-order valence-electron chi connectivity index (χ4n) is 3.15. The van der Waals surface area contributed by atoms with Crippen molar-refractivity contribution in [3.05, 3.63) is 46.5 Å². The number of carbonyl (C=O) groups excluding carboxylic acids is 1. The lowest BCUT2D eigenvalue weighted by Gasteiger charge is -2.30. The molecule has 1 aromatic carbocycles. The van der Waals surface area contributed by atoms with E-state index < -0.39 is 0 Å². The third kappa shape index (κ3) is 5.28. The number of nitrogens with one attached hydrogen (secondary N) is 2. The highest BCUT2D eigenvalue weighted by Gasteiger charge is 2.23. The molecule has 7 heteroatoms. The largest absolute Gasteiger partial charge is 0.352 e. The molecule has 0 radical (unpaired) electrons. The van der Waals surface area contributed by atoms with E-state index in [2.05, 4.69) is 25.4 Å². The monoisotopic (exact) mass is 361 g/mol. The van der Waals surface area contributed by atoms with Crippen molar-refractivity contribution in [1.29, 1.82) is 0 Å². The fourth-order valence-corrected chi connectivity index (χ4v) is 3.37. The molecule has 25 heavy (non-hydrogen) atoms. The van der Waals surface area contributed by atoms with Gasteiger partial charge >= 0.3 is 0 Å². The van der Waals surface area contributed by atoms with Gasteiger partial charge in [0.25, 0.3) is 0 Å². The van der Waals surface area contributed by atoms with Crippen LogP contribution in [0.15, 0.2) is 24.3 Å². The van der Waals surface area contributed by atoms with Crippen molar-refractivity contribution in [2.24, 2.45) is 0 Å². The van der Waals surface area contributed by atoms with Crippen LogP contribution in [0.3, 0.4) is 0 Å². The minimum Gasteiger partial charge on any atom is -0.352 e. The van der Waals surface area contributed by atoms with Crippen LogP contribution in [0.5, 0.6) is 0 Å². The van der Waals surface area contributed by atoms with E-state index in [0.29, 0.717) is 23.9 Å². The lowest BCUT2D eigenvalue weighted by atomic mass is 9.96. The maximum Gasteiger partial charge on any atom is 0.221 e. The second kappa shape index (κ2) is 8.45. The highest BCUT2D eigenvalue weighted by atomic mass is 35.5. The lowest BCUT2D eigenvalue weighted by molar-refractivity contribution is -0.121. The molecule has 0 unspecified atom stereocenters. The number of aromatic amines is 1. The highest BCUT2D eigenvalue weighted by molar-refractivity contribution is 6.30. The summed E-state index contributed by atoms with van der Waals surface area (Å²) in [5.41, 5.74) is 1.02. The van der Waals surface area contributed by atoms with Crippen LogP contribution in [0, 0.1) is 6.92 Å². The molecule has 0 saturated carbocycles. The summed E-state index contributed by atoms with van der Waals surface area (Å²) in [4.78, 5) is 18.8. The summed E-state index contributed by atoms with van der Waals surface area (Å²) in [5, 5.41) is 10.8. The molecule has 0 aliphatic carbocycles. The number of benzene rings is 1. The van der Waals surface area contributed by atoms with Gasteiger partial charge in [0.1, 0.15) is 5.82 Å². The number of amides is 1. The molecule has 0 spiro atoms. The van der Waals surface area contributed by atoms with Gasteiger partial charge in [-0.15, -0.1) is 0 Å². The van der Waals surface area contributed by atoms with Crippen molar-refractivity contribution in [1.82, 2.24) is 25.4 Å². The Hall–Kier alpha value is -1.92. The molecule has 1 saturated heterocycles. The fraction of sp³-hybridized carbons (Fsp3) is 0.500. The van der Waals surface area contributed by atoms with Crippen LogP contribution in [-0.2, 0) is 11.3 Å². The van der Waals surface area contributed by atoms with E-state index in [1.54, 1.807) is 0 Å². The molecular weight excluding hydrogens is 338 g/mol. The van der Waals surface area contributed by atoms with Crippen molar-refractivity contribution in [3.8, 4) is 0 Å². The average molecular weight is 362 g/mol. The normalized spacial score (nSPS) is 16.1. The zero-order valence-electron chi connectivity index (χ0n) is 14.5. The first-order valence-corrected chi connectivity index (χ1v) is 9.10. The number of aryl methyl sites for hydroxylation is 1. The molecule has 1 fully saturated rings. The Balaban J connectivity index is 1.36. The van der Waals surface area contributed by atoms with E-state index in [9.17, 15) is 4.79 Å². The third-order valence-electron chi connectivity index (χ3n) is 4.60. The van der Waals surface area contributed by atoms with Crippen molar-refractivity contribution < 1.29 is 4.79 Å². The first-order chi connectivity index (χ1) is 12.1. The predicted octanol–water partition coefficient (Wildman–Crippen LogP) is 2.65. The number of halogens is 1. The van der Waals surface area contributed by atoms with Gasteiger partial charge in [-0.25, -0.2) is 4.98 Å². The van der Waals surface area contributed by atoms with Gasteiger partial charge in [0.15, 0.2) is 5.82 Å². The van der Waals surface area contributed by atoms with Crippen LogP contribution in [0.2, 0.25) is 5.02 Å². The first-order valence-electron chi connectivity index (χ1n) is 8.72. The van der Waals surface area contributed by atoms with Crippen molar-refractivity contribution >= 4 is 17.5 Å². The van der Waals surface area contributed by atoms with E-state index in [4.69, 9.17) is 11.6 Å². The zero-order valence-corrected chi connectivity index (χ0v) is 15.2. The number of H-pyrrole nitrogens is 1. The van der Waals surface area contributed by atoms with Gasteiger partial charge in [0.05, 0.1) is 0 Å². The van der Waals surface area contributed by atoms with Crippen molar-refractivity contribution in [2.75, 3.05) is 19.6 Å². The molecule has 2 heterocycles. The second-order valence-electron chi connectivity index (χ2n) is 6.55. The van der Waals surface area contributed by atoms with Gasteiger partial charge in [-0.05, 0) is 50.6 Å². The minimum absolute atomic E-state index is 0.0756. The van der Waals surface area contributed by atoms with Gasteiger partial charge in [-0.3, -0.25) is 9.89 Å². The number of likely N-dealkylation sites (tertiary alicyclic amines) is 1. The highest BCUT2D eigenvalue weighted by Crippen LogP contribution is 2.25. The number of aromatic nitrogens is 3. The number of hydrogen-bond acceptors (Lipinski definition) is 4. The molecule has 1 amide bonds. The van der Waals surface area contributed by atoms with Gasteiger partial charge in [-0.1, -0.05) is 23.7 Å². The standard InChI is InChI=1S/C18H24ClN5O/c1-13-21-18(23-22-13)15-5-8-24(9-6-15)10-7-17(25)20-12-14-3-2-4-16(19)11-14/h2-4,11,15H,5-10,12H2,1H3,(H,20,25)(H,21,22,23). The Morgan fingerprint density at radius 2 is 2.20 bits per heavy atom. The second-order valence-corrected chi connectivity index (χ2v) is 6.99. The Labute approximate surface area is 153 Å². The van der Waals surface area contributed by atoms with Gasteiger partial charge in [0.2, 0.25) is 5.91 Å². The molecule has 2 N–H and O–H groups in total. The van der Waals surface area contributed by atoms with E-state index in [1.807, 2.05) is 31.2 Å². The maximum absolute atomic E-state index is 12.0. The Morgan fingerprint density at radius 3 is 2.88 bits per heavy atom. The average Bonchev–Trinajstić information content (AvgIpc) is 3.05. The summed E-state index contributed by atoms with van der Waals surface area (Å²) in [6.07, 6.45) is 2.61. The molecule has 1 aliphatic heterocycles. The number of hydrogen-bond donors (Lipinski definition) is 2. The molecule has 0 atom stereocenters. The Morgan fingerprint density at radius 1 is 1.40 bits per heavy atom. The van der Waals surface area contributed by atoms with E-state index in [0.717, 1.165) is 49.7 Å². The van der Waals surface area contributed by atoms with Crippen LogP contribution in [0.25, 0.3) is 0 Å². The molecular formula is C18H24ClN5O. The van der Waals surface area contributed by atoms with E-state index in [-0.39, 0.29) is 5.91 Å². The van der Waals surface area contributed by atoms with E-state index >= 15 is 0 Å². The van der Waals surface area contributed by atoms with E-state index in [1.165, 1.54) is 0 Å². The van der Waals surface area contributed by atoms with Crippen molar-refractivity contribution in [2.45, 2.75) is 38.6 Å². The number of rotatable bonds is 6. The summed E-state index contributed by atoms with van der Waals surface area (Å²) in [7, 11) is 0. The number of nitrogens with zero attached hydrogens (tertiary/aromatic N) is 3. The quantitative estimate of drug-likeness (QED) is 0.829. The molecule has 6 nitrogen and oxygen atoms in total. The molecule has 2 aromatic rings. The first kappa shape index (κ1) is 17.9. The predicted molar refractivity (Wildman–Crippen MR) is 97.5 cm³/mol. The minimum atomic E-state index is 0.0756. The van der Waals surface area contributed by atoms with Crippen LogP contribution < -0.4 is 5.32 Å². The lowest BCUT2D eigenvalue weighted by Crippen LogP contribution is -2.36. The summed E-state index contributed by atoms with van der Waals surface area (Å²) in [5.74, 6) is 2.30. The smallest absolute Gasteiger partial charge is 0.221 e. The van der Waals surface area contributed by atoms with Gasteiger partial charge < -0.3 is 10.2 Å². The summed E-state index contributed by atoms with van der Waals surface area (Å²) in [6.45, 7) is 5.21. The van der Waals surface area contributed by atoms with Crippen molar-refractivity contribution in [3.63, 3.8) is 0 Å². The summed E-state index contributed by atoms with van der Waals surface area (Å²) < 4.78 is 0. The van der Waals surface area contributed by atoms with Crippen LogP contribution in [0.1, 0.15) is 42.4 Å². The summed E-state index contributed by atoms with van der Waals surface area (Å²) >= 11 is 5.95. The molecule has 1 aromatic heterocycles. The van der Waals surface area contributed by atoms with Crippen LogP contribution in [-0.4, -0.2) is 45.6 Å². The topological polar surface area (TPSA) is 73.9 Å². The zero-order chi connectivity index (χ0) is 17.6. The van der Waals surface area contributed by atoms with Gasteiger partial charge in [0, 0.05) is 30.5 Å². The van der Waals surface area contributed by atoms with Crippen LogP contribution >= 0.6 is 11.6 Å². The Kier molecular flexibility index (Phi) is 6.04. The summed E-state index contributed by atoms with van der Waals surface area (Å²) in [6, 6.07) is 7.55. The van der Waals surface area contributed by atoms with Gasteiger partial charge in [-0.2, -0.15) is 5.10 Å². The molecule has 3 rings (SSSR count). The molecule has 1 aliphatic rings. The van der Waals surface area contributed by atoms with Crippen LogP contribution in [0.4, 0.5) is 0 Å². The SMILES string of the molecule is Cc1nc(C2CCN(CCC(=O)NCc3cccc(Cl)c3)CC2)n[nH]1. The maximum atomic E-state index is 12.0. The molecule has 0 bridgehead atoms. The number of piperidine rings is 1. The number of carbonyl (C=O) groups is 1. The third-order valence-corrected chi connectivity index (χ3v) is 4.84. The Bertz CT molecular complexity index is 709.